The highest BCUT2D eigenvalue weighted by Crippen LogP contribution is 2.33. The summed E-state index contributed by atoms with van der Waals surface area (Å²) in [6.45, 7) is 0.848. The molecule has 0 aliphatic heterocycles. The van der Waals surface area contributed by atoms with Gasteiger partial charge >= 0.3 is 0 Å². The molecule has 0 bridgehead atoms. The van der Waals surface area contributed by atoms with Gasteiger partial charge in [-0.2, -0.15) is 0 Å². The molecule has 1 aromatic carbocycles. The number of hydrogen-bond donors (Lipinski definition) is 1. The summed E-state index contributed by atoms with van der Waals surface area (Å²) in [5.41, 5.74) is 1.14. The molecule has 0 unspecified atom stereocenters. The van der Waals surface area contributed by atoms with Crippen molar-refractivity contribution in [3.8, 4) is 11.5 Å². The van der Waals surface area contributed by atoms with Crippen LogP contribution in [0.4, 0.5) is 0 Å². The predicted octanol–water partition coefficient (Wildman–Crippen LogP) is 2.05. The average molecular weight is 227 g/mol. The summed E-state index contributed by atoms with van der Waals surface area (Å²) >= 11 is 4.35. The number of rotatable bonds is 4. The van der Waals surface area contributed by atoms with Crippen LogP contribution in [0, 0.1) is 0 Å². The molecule has 0 aliphatic rings. The Kier molecular flexibility index (Phi) is 4.29. The summed E-state index contributed by atoms with van der Waals surface area (Å²) in [6.07, 6.45) is 0. The van der Waals surface area contributed by atoms with Gasteiger partial charge in [0, 0.05) is 6.54 Å². The normalized spacial score (nSPS) is 10.5. The highest BCUT2D eigenvalue weighted by molar-refractivity contribution is 7.80. The highest BCUT2D eigenvalue weighted by atomic mass is 32.1. The number of ether oxygens (including phenoxy) is 2. The molecule has 0 N–H and O–H groups in total. The summed E-state index contributed by atoms with van der Waals surface area (Å²) in [5.74, 6) is 1.49. The summed E-state index contributed by atoms with van der Waals surface area (Å²) in [5, 5.41) is 0. The van der Waals surface area contributed by atoms with Gasteiger partial charge in [-0.3, -0.25) is 0 Å². The Hall–Kier alpha value is -0.870. The van der Waals surface area contributed by atoms with Crippen LogP contribution in [0.2, 0.25) is 0 Å². The maximum atomic E-state index is 5.23. The van der Waals surface area contributed by atoms with E-state index in [4.69, 9.17) is 9.47 Å². The second-order valence-electron chi connectivity index (χ2n) is 3.59. The van der Waals surface area contributed by atoms with Gasteiger partial charge in [0.2, 0.25) is 0 Å². The van der Waals surface area contributed by atoms with Crippen molar-refractivity contribution < 1.29 is 9.47 Å². The molecule has 4 heteroatoms. The Bertz CT molecular complexity index is 314. The fourth-order valence-electron chi connectivity index (χ4n) is 1.40. The van der Waals surface area contributed by atoms with E-state index in [-0.39, 0.29) is 0 Å². The Morgan fingerprint density at radius 2 is 1.60 bits per heavy atom. The van der Waals surface area contributed by atoms with E-state index in [2.05, 4.69) is 17.5 Å². The van der Waals surface area contributed by atoms with Crippen molar-refractivity contribution >= 4 is 12.6 Å². The van der Waals surface area contributed by atoms with Gasteiger partial charge in [0.25, 0.3) is 0 Å². The van der Waals surface area contributed by atoms with E-state index in [1.54, 1.807) is 14.2 Å². The molecule has 0 atom stereocenters. The summed E-state index contributed by atoms with van der Waals surface area (Å²) in [4.78, 5) is 2.83. The fourth-order valence-corrected chi connectivity index (χ4v) is 1.72. The third-order valence-corrected chi connectivity index (χ3v) is 2.48. The van der Waals surface area contributed by atoms with Gasteiger partial charge in [-0.1, -0.05) is 0 Å². The third-order valence-electron chi connectivity index (χ3n) is 2.04. The number of thiol groups is 1. The van der Waals surface area contributed by atoms with Gasteiger partial charge in [0.05, 0.1) is 19.1 Å². The first kappa shape index (κ1) is 12.2. The van der Waals surface area contributed by atoms with E-state index < -0.39 is 0 Å². The molecule has 0 fully saturated rings. The molecule has 0 amide bonds. The molecule has 0 saturated carbocycles. The minimum absolute atomic E-state index is 0.738. The van der Waals surface area contributed by atoms with Crippen molar-refractivity contribution in [2.75, 3.05) is 28.3 Å². The lowest BCUT2D eigenvalue weighted by atomic mass is 10.2. The lowest BCUT2D eigenvalue weighted by molar-refractivity contribution is 0.368. The maximum absolute atomic E-state index is 5.23. The summed E-state index contributed by atoms with van der Waals surface area (Å²) in [7, 11) is 7.31. The van der Waals surface area contributed by atoms with Crippen LogP contribution in [0.5, 0.6) is 11.5 Å². The first-order chi connectivity index (χ1) is 7.08. The minimum atomic E-state index is 0.738. The molecule has 0 radical (unpaired) electrons. The molecule has 1 rings (SSSR count). The highest BCUT2D eigenvalue weighted by Gasteiger charge is 2.09. The standard InChI is InChI=1S/C11H17NO2S/c1-12(2)7-8-5-9(13-3)11(15)10(6-8)14-4/h5-6,15H,7H2,1-4H3. The van der Waals surface area contributed by atoms with Crippen LogP contribution < -0.4 is 9.47 Å². The molecule has 3 nitrogen and oxygen atoms in total. The summed E-state index contributed by atoms with van der Waals surface area (Å²) < 4.78 is 10.5. The van der Waals surface area contributed by atoms with Crippen LogP contribution in [0.3, 0.4) is 0 Å². The number of methoxy groups -OCH3 is 2. The molecule has 0 saturated heterocycles. The van der Waals surface area contributed by atoms with Crippen LogP contribution in [-0.4, -0.2) is 33.2 Å². The number of benzene rings is 1. The first-order valence-corrected chi connectivity index (χ1v) is 5.11. The molecule has 0 spiro atoms. The van der Waals surface area contributed by atoms with Crippen molar-refractivity contribution in [2.45, 2.75) is 11.4 Å². The molecule has 0 heterocycles. The van der Waals surface area contributed by atoms with Crippen LogP contribution in [0.1, 0.15) is 5.56 Å². The Labute approximate surface area is 96.4 Å². The number of hydrogen-bond acceptors (Lipinski definition) is 4. The van der Waals surface area contributed by atoms with Crippen molar-refractivity contribution in [1.82, 2.24) is 4.90 Å². The fraction of sp³-hybridized carbons (Fsp3) is 0.455. The molecule has 15 heavy (non-hydrogen) atoms. The largest absolute Gasteiger partial charge is 0.495 e. The second-order valence-corrected chi connectivity index (χ2v) is 4.03. The average Bonchev–Trinajstić information content (AvgIpc) is 2.19. The van der Waals surface area contributed by atoms with E-state index in [9.17, 15) is 0 Å². The lowest BCUT2D eigenvalue weighted by Crippen LogP contribution is -2.10. The zero-order valence-electron chi connectivity index (χ0n) is 9.57. The zero-order chi connectivity index (χ0) is 11.4. The molecule has 1 aromatic rings. The van der Waals surface area contributed by atoms with Crippen molar-refractivity contribution in [2.24, 2.45) is 0 Å². The second kappa shape index (κ2) is 5.28. The monoisotopic (exact) mass is 227 g/mol. The molecule has 84 valence electrons. The van der Waals surface area contributed by atoms with E-state index in [0.717, 1.165) is 28.5 Å². The quantitative estimate of drug-likeness (QED) is 0.796. The van der Waals surface area contributed by atoms with Crippen LogP contribution in [0.15, 0.2) is 17.0 Å². The van der Waals surface area contributed by atoms with Gasteiger partial charge in [-0.05, 0) is 31.8 Å². The van der Waals surface area contributed by atoms with Crippen molar-refractivity contribution in [3.05, 3.63) is 17.7 Å². The Balaban J connectivity index is 3.09. The van der Waals surface area contributed by atoms with E-state index in [0.29, 0.717) is 0 Å². The predicted molar refractivity (Wildman–Crippen MR) is 64.2 cm³/mol. The van der Waals surface area contributed by atoms with Gasteiger partial charge in [-0.15, -0.1) is 12.6 Å². The lowest BCUT2D eigenvalue weighted by Gasteiger charge is -2.14. The van der Waals surface area contributed by atoms with Gasteiger partial charge in [-0.25, -0.2) is 0 Å². The van der Waals surface area contributed by atoms with Gasteiger partial charge in [0.15, 0.2) is 0 Å². The van der Waals surface area contributed by atoms with Crippen LogP contribution >= 0.6 is 12.6 Å². The van der Waals surface area contributed by atoms with E-state index >= 15 is 0 Å². The van der Waals surface area contributed by atoms with Crippen LogP contribution in [0.25, 0.3) is 0 Å². The maximum Gasteiger partial charge on any atom is 0.136 e. The minimum Gasteiger partial charge on any atom is -0.495 e. The van der Waals surface area contributed by atoms with Crippen molar-refractivity contribution in [3.63, 3.8) is 0 Å². The SMILES string of the molecule is COc1cc(CN(C)C)cc(OC)c1S. The topological polar surface area (TPSA) is 21.7 Å². The third kappa shape index (κ3) is 3.04. The van der Waals surface area contributed by atoms with Crippen LogP contribution in [-0.2, 0) is 6.54 Å². The molecule has 0 aliphatic carbocycles. The molecule has 0 aromatic heterocycles. The van der Waals surface area contributed by atoms with E-state index in [1.807, 2.05) is 26.2 Å². The zero-order valence-corrected chi connectivity index (χ0v) is 10.5. The Morgan fingerprint density at radius 1 is 1.13 bits per heavy atom. The van der Waals surface area contributed by atoms with Gasteiger partial charge < -0.3 is 14.4 Å². The number of nitrogens with zero attached hydrogens (tertiary/aromatic N) is 1. The molecular weight excluding hydrogens is 210 g/mol. The van der Waals surface area contributed by atoms with Crippen molar-refractivity contribution in [1.29, 1.82) is 0 Å². The van der Waals surface area contributed by atoms with E-state index in [1.165, 1.54) is 0 Å². The molecular formula is C11H17NO2S. The van der Waals surface area contributed by atoms with Gasteiger partial charge in [0.1, 0.15) is 11.5 Å². The Morgan fingerprint density at radius 3 is 1.93 bits per heavy atom. The summed E-state index contributed by atoms with van der Waals surface area (Å²) in [6, 6.07) is 3.95. The smallest absolute Gasteiger partial charge is 0.136 e. The first-order valence-electron chi connectivity index (χ1n) is 4.67.